The molecule has 0 saturated heterocycles. The first-order valence-electron chi connectivity index (χ1n) is 5.20. The lowest BCUT2D eigenvalue weighted by Crippen LogP contribution is -2.22. The van der Waals surface area contributed by atoms with E-state index in [1.54, 1.807) is 0 Å². The zero-order chi connectivity index (χ0) is 9.26. The fourth-order valence-corrected chi connectivity index (χ4v) is 2.11. The fraction of sp³-hybridized carbons (Fsp3) is 0.583. The smallest absolute Gasteiger partial charge is 0.165 e. The molecular formula is C12H16O. The molecule has 0 aromatic carbocycles. The molecule has 0 heterocycles. The molecule has 0 unspecified atom stereocenters. The van der Waals surface area contributed by atoms with E-state index in [-0.39, 0.29) is 0 Å². The minimum Gasteiger partial charge on any atom is -0.294 e. The zero-order valence-electron chi connectivity index (χ0n) is 8.12. The molecule has 0 N–H and O–H groups in total. The molecule has 0 amide bonds. The molecule has 0 bridgehead atoms. The van der Waals surface area contributed by atoms with E-state index >= 15 is 0 Å². The van der Waals surface area contributed by atoms with Crippen LogP contribution in [0, 0.1) is 11.8 Å². The number of Topliss-reactive ketones (excluding diaryl/α,β-unsaturated/α-hetero) is 1. The molecule has 1 fully saturated rings. The molecule has 2 rings (SSSR count). The Labute approximate surface area is 79.5 Å². The largest absolute Gasteiger partial charge is 0.294 e. The molecule has 0 atom stereocenters. The van der Waals surface area contributed by atoms with Crippen LogP contribution in [0.15, 0.2) is 23.8 Å². The second-order valence-electron chi connectivity index (χ2n) is 4.30. The first-order chi connectivity index (χ1) is 6.27. The normalized spacial score (nSPS) is 32.2. The summed E-state index contributed by atoms with van der Waals surface area (Å²) in [6.45, 7) is 2.28. The first-order valence-corrected chi connectivity index (χ1v) is 5.20. The summed E-state index contributed by atoms with van der Waals surface area (Å²) >= 11 is 0. The Bertz CT molecular complexity index is 265. The van der Waals surface area contributed by atoms with Gasteiger partial charge in [-0.05, 0) is 18.8 Å². The average molecular weight is 176 g/mol. The lowest BCUT2D eigenvalue weighted by Gasteiger charge is -2.25. The maximum absolute atomic E-state index is 11.8. The summed E-state index contributed by atoms with van der Waals surface area (Å²) in [5.41, 5.74) is 0.944. The van der Waals surface area contributed by atoms with Gasteiger partial charge in [0.05, 0.1) is 0 Å². The molecule has 70 valence electrons. The Morgan fingerprint density at radius 1 is 1.31 bits per heavy atom. The van der Waals surface area contributed by atoms with Crippen molar-refractivity contribution in [1.29, 1.82) is 0 Å². The van der Waals surface area contributed by atoms with E-state index in [1.165, 1.54) is 12.8 Å². The highest BCUT2D eigenvalue weighted by molar-refractivity contribution is 6.01. The van der Waals surface area contributed by atoms with Crippen molar-refractivity contribution in [2.75, 3.05) is 0 Å². The molecular weight excluding hydrogens is 160 g/mol. The number of carbonyl (C=O) groups excluding carboxylic acids is 1. The monoisotopic (exact) mass is 176 g/mol. The second-order valence-corrected chi connectivity index (χ2v) is 4.30. The van der Waals surface area contributed by atoms with Crippen molar-refractivity contribution in [3.05, 3.63) is 23.8 Å². The minimum atomic E-state index is 0.326. The number of hydrogen-bond acceptors (Lipinski definition) is 1. The summed E-state index contributed by atoms with van der Waals surface area (Å²) in [4.78, 5) is 11.8. The van der Waals surface area contributed by atoms with Crippen LogP contribution < -0.4 is 0 Å². The molecule has 0 spiro atoms. The van der Waals surface area contributed by atoms with E-state index in [0.717, 1.165) is 24.3 Å². The maximum atomic E-state index is 11.8. The van der Waals surface area contributed by atoms with Gasteiger partial charge in [0, 0.05) is 11.5 Å². The molecule has 2 aliphatic rings. The van der Waals surface area contributed by atoms with Crippen LogP contribution in [0.25, 0.3) is 0 Å². The average Bonchev–Trinajstić information content (AvgIpc) is 2.02. The summed E-state index contributed by atoms with van der Waals surface area (Å²) in [7, 11) is 0. The molecule has 0 aromatic heterocycles. The predicted molar refractivity (Wildman–Crippen MR) is 53.4 cm³/mol. The molecule has 0 aromatic rings. The summed E-state index contributed by atoms with van der Waals surface area (Å²) in [6.07, 6.45) is 10.5. The Balaban J connectivity index is 1.90. The van der Waals surface area contributed by atoms with Gasteiger partial charge in [0.25, 0.3) is 0 Å². The third-order valence-corrected chi connectivity index (χ3v) is 3.22. The van der Waals surface area contributed by atoms with Gasteiger partial charge >= 0.3 is 0 Å². The van der Waals surface area contributed by atoms with E-state index in [9.17, 15) is 4.79 Å². The van der Waals surface area contributed by atoms with Crippen LogP contribution >= 0.6 is 0 Å². The van der Waals surface area contributed by atoms with Crippen LogP contribution in [0.5, 0.6) is 0 Å². The maximum Gasteiger partial charge on any atom is 0.165 e. The Hall–Kier alpha value is -0.850. The van der Waals surface area contributed by atoms with Crippen LogP contribution in [0.3, 0.4) is 0 Å². The highest BCUT2D eigenvalue weighted by atomic mass is 16.1. The SMILES string of the molecule is CC1CCC(C(=O)C2=CC=C2)CC1. The van der Waals surface area contributed by atoms with Crippen molar-refractivity contribution in [3.8, 4) is 0 Å². The fourth-order valence-electron chi connectivity index (χ4n) is 2.11. The predicted octanol–water partition coefficient (Wildman–Crippen LogP) is 2.88. The Morgan fingerprint density at radius 3 is 2.38 bits per heavy atom. The molecule has 13 heavy (non-hydrogen) atoms. The quantitative estimate of drug-likeness (QED) is 0.632. The number of hydrogen-bond donors (Lipinski definition) is 0. The first kappa shape index (κ1) is 8.74. The van der Waals surface area contributed by atoms with E-state index in [1.807, 2.05) is 18.2 Å². The standard InChI is InChI=1S/C12H16O/c1-9-5-7-11(8-6-9)12(13)10-3-2-4-10/h2-4,9,11H,5-8H2,1H3. The van der Waals surface area contributed by atoms with Gasteiger partial charge in [-0.25, -0.2) is 0 Å². The van der Waals surface area contributed by atoms with E-state index in [4.69, 9.17) is 0 Å². The third kappa shape index (κ3) is 1.74. The Kier molecular flexibility index (Phi) is 2.34. The van der Waals surface area contributed by atoms with Crippen LogP contribution in [-0.4, -0.2) is 5.78 Å². The molecule has 1 nitrogen and oxygen atoms in total. The lowest BCUT2D eigenvalue weighted by atomic mass is 9.78. The van der Waals surface area contributed by atoms with Crippen LogP contribution in [0.2, 0.25) is 0 Å². The molecule has 0 radical (unpaired) electrons. The van der Waals surface area contributed by atoms with Crippen LogP contribution in [0.4, 0.5) is 0 Å². The highest BCUT2D eigenvalue weighted by Crippen LogP contribution is 2.31. The summed E-state index contributed by atoms with van der Waals surface area (Å²) in [6, 6.07) is 0. The molecule has 2 aliphatic carbocycles. The number of ketones is 1. The number of carbonyl (C=O) groups is 1. The van der Waals surface area contributed by atoms with Gasteiger partial charge in [0.2, 0.25) is 0 Å². The van der Waals surface area contributed by atoms with Gasteiger partial charge in [0.1, 0.15) is 0 Å². The van der Waals surface area contributed by atoms with E-state index in [2.05, 4.69) is 6.92 Å². The van der Waals surface area contributed by atoms with Crippen molar-refractivity contribution in [2.45, 2.75) is 32.6 Å². The van der Waals surface area contributed by atoms with Crippen molar-refractivity contribution in [1.82, 2.24) is 0 Å². The molecule has 0 aliphatic heterocycles. The van der Waals surface area contributed by atoms with Gasteiger partial charge in [-0.3, -0.25) is 4.79 Å². The van der Waals surface area contributed by atoms with Gasteiger partial charge in [0.15, 0.2) is 5.78 Å². The van der Waals surface area contributed by atoms with Crippen molar-refractivity contribution < 1.29 is 4.79 Å². The number of allylic oxidation sites excluding steroid dienone is 4. The van der Waals surface area contributed by atoms with Gasteiger partial charge < -0.3 is 0 Å². The van der Waals surface area contributed by atoms with E-state index in [0.29, 0.717) is 11.7 Å². The van der Waals surface area contributed by atoms with Crippen molar-refractivity contribution in [2.24, 2.45) is 11.8 Å². The topological polar surface area (TPSA) is 17.1 Å². The lowest BCUT2D eigenvalue weighted by molar-refractivity contribution is -0.120. The molecule has 1 heteroatoms. The summed E-state index contributed by atoms with van der Waals surface area (Å²) < 4.78 is 0. The Morgan fingerprint density at radius 2 is 1.92 bits per heavy atom. The second kappa shape index (κ2) is 3.49. The summed E-state index contributed by atoms with van der Waals surface area (Å²) in [5, 5.41) is 0. The highest BCUT2D eigenvalue weighted by Gasteiger charge is 2.26. The van der Waals surface area contributed by atoms with Gasteiger partial charge in [-0.1, -0.05) is 38.0 Å². The van der Waals surface area contributed by atoms with Crippen molar-refractivity contribution >= 4 is 5.78 Å². The molecule has 1 saturated carbocycles. The van der Waals surface area contributed by atoms with Gasteiger partial charge in [-0.15, -0.1) is 0 Å². The van der Waals surface area contributed by atoms with Crippen LogP contribution in [-0.2, 0) is 4.79 Å². The number of rotatable bonds is 2. The van der Waals surface area contributed by atoms with Crippen LogP contribution in [0.1, 0.15) is 32.6 Å². The van der Waals surface area contributed by atoms with Gasteiger partial charge in [-0.2, -0.15) is 0 Å². The van der Waals surface area contributed by atoms with Crippen molar-refractivity contribution in [3.63, 3.8) is 0 Å². The zero-order valence-corrected chi connectivity index (χ0v) is 8.12. The third-order valence-electron chi connectivity index (χ3n) is 3.22. The van der Waals surface area contributed by atoms with E-state index < -0.39 is 0 Å². The summed E-state index contributed by atoms with van der Waals surface area (Å²) in [5.74, 6) is 1.54. The minimum absolute atomic E-state index is 0.326.